The normalized spacial score (nSPS) is 17.6. The highest BCUT2D eigenvalue weighted by Gasteiger charge is 2.23. The minimum absolute atomic E-state index is 0.0468. The molecule has 1 aliphatic rings. The van der Waals surface area contributed by atoms with Crippen LogP contribution in [0.3, 0.4) is 0 Å². The molecule has 0 saturated carbocycles. The maximum Gasteiger partial charge on any atom is 0.244 e. The van der Waals surface area contributed by atoms with Gasteiger partial charge in [0.25, 0.3) is 0 Å². The topological polar surface area (TPSA) is 68.3 Å². The number of carbonyl (C=O) groups excluding carboxylic acids is 1. The zero-order valence-corrected chi connectivity index (χ0v) is 11.7. The Morgan fingerprint density at radius 1 is 1.38 bits per heavy atom. The van der Waals surface area contributed by atoms with Crippen molar-refractivity contribution in [3.8, 4) is 0 Å². The molecule has 4 heteroatoms. The van der Waals surface area contributed by atoms with Crippen LogP contribution < -0.4 is 11.1 Å². The summed E-state index contributed by atoms with van der Waals surface area (Å²) in [6, 6.07) is 9.42. The van der Waals surface area contributed by atoms with Gasteiger partial charge in [0.15, 0.2) is 0 Å². The van der Waals surface area contributed by atoms with Crippen molar-refractivity contribution in [3.05, 3.63) is 59.6 Å². The van der Waals surface area contributed by atoms with Crippen LogP contribution in [0.4, 0.5) is 5.69 Å². The van der Waals surface area contributed by atoms with E-state index in [1.165, 1.54) is 0 Å². The lowest BCUT2D eigenvalue weighted by Gasteiger charge is -2.22. The number of nitrogens with one attached hydrogen (secondary N) is 1. The molecule has 0 fully saturated rings. The molecule has 0 spiro atoms. The third-order valence-electron chi connectivity index (χ3n) is 3.71. The first-order valence-electron chi connectivity index (χ1n) is 7.13. The summed E-state index contributed by atoms with van der Waals surface area (Å²) >= 11 is 0. The number of carbonyl (C=O) groups is 1. The molecule has 3 N–H and O–H groups in total. The second kappa shape index (κ2) is 5.87. The Morgan fingerprint density at radius 3 is 3.14 bits per heavy atom. The third-order valence-corrected chi connectivity index (χ3v) is 3.71. The monoisotopic (exact) mass is 282 g/mol. The SMILES string of the molecule is Nc1cccc(/C=C/C(=O)NC2CCCc3occc32)c1. The molecule has 1 unspecified atom stereocenters. The number of anilines is 1. The Labute approximate surface area is 123 Å². The van der Waals surface area contributed by atoms with Crippen molar-refractivity contribution in [1.82, 2.24) is 5.32 Å². The van der Waals surface area contributed by atoms with Gasteiger partial charge in [-0.15, -0.1) is 0 Å². The average molecular weight is 282 g/mol. The number of nitrogen functional groups attached to an aromatic ring is 1. The van der Waals surface area contributed by atoms with E-state index in [9.17, 15) is 4.79 Å². The highest BCUT2D eigenvalue weighted by Crippen LogP contribution is 2.30. The van der Waals surface area contributed by atoms with E-state index in [-0.39, 0.29) is 11.9 Å². The van der Waals surface area contributed by atoms with Gasteiger partial charge in [0.2, 0.25) is 5.91 Å². The van der Waals surface area contributed by atoms with Gasteiger partial charge in [0.05, 0.1) is 12.3 Å². The Bertz CT molecular complexity index is 673. The molecule has 21 heavy (non-hydrogen) atoms. The van der Waals surface area contributed by atoms with Crippen molar-refractivity contribution in [1.29, 1.82) is 0 Å². The van der Waals surface area contributed by atoms with Gasteiger partial charge in [-0.25, -0.2) is 0 Å². The minimum atomic E-state index is -0.100. The first-order valence-corrected chi connectivity index (χ1v) is 7.13. The second-order valence-corrected chi connectivity index (χ2v) is 5.26. The molecule has 0 radical (unpaired) electrons. The van der Waals surface area contributed by atoms with Crippen LogP contribution in [-0.2, 0) is 11.2 Å². The number of benzene rings is 1. The number of rotatable bonds is 3. The van der Waals surface area contributed by atoms with E-state index in [1.54, 1.807) is 18.4 Å². The van der Waals surface area contributed by atoms with Gasteiger partial charge < -0.3 is 15.5 Å². The smallest absolute Gasteiger partial charge is 0.244 e. The average Bonchev–Trinajstić information content (AvgIpc) is 2.95. The molecule has 0 saturated heterocycles. The molecule has 1 amide bonds. The number of amides is 1. The lowest BCUT2D eigenvalue weighted by molar-refractivity contribution is -0.117. The highest BCUT2D eigenvalue weighted by molar-refractivity contribution is 5.92. The fourth-order valence-corrected chi connectivity index (χ4v) is 2.69. The van der Waals surface area contributed by atoms with Gasteiger partial charge in [0, 0.05) is 23.7 Å². The summed E-state index contributed by atoms with van der Waals surface area (Å²) in [4.78, 5) is 12.0. The van der Waals surface area contributed by atoms with Crippen molar-refractivity contribution in [2.75, 3.05) is 5.73 Å². The maximum atomic E-state index is 12.0. The van der Waals surface area contributed by atoms with Crippen LogP contribution in [0.1, 0.15) is 35.8 Å². The van der Waals surface area contributed by atoms with E-state index in [0.717, 1.165) is 36.1 Å². The maximum absolute atomic E-state index is 12.0. The number of nitrogens with two attached hydrogens (primary N) is 1. The molecule has 1 aliphatic carbocycles. The summed E-state index contributed by atoms with van der Waals surface area (Å²) in [5.41, 5.74) is 8.42. The molecule has 1 aromatic carbocycles. The summed E-state index contributed by atoms with van der Waals surface area (Å²) < 4.78 is 5.43. The van der Waals surface area contributed by atoms with Crippen molar-refractivity contribution in [2.24, 2.45) is 0 Å². The first-order chi connectivity index (χ1) is 10.2. The molecule has 108 valence electrons. The summed E-state index contributed by atoms with van der Waals surface area (Å²) in [5.74, 6) is 0.892. The van der Waals surface area contributed by atoms with Gasteiger partial charge in [0.1, 0.15) is 5.76 Å². The Morgan fingerprint density at radius 2 is 2.29 bits per heavy atom. The minimum Gasteiger partial charge on any atom is -0.469 e. The van der Waals surface area contributed by atoms with E-state index in [4.69, 9.17) is 10.2 Å². The van der Waals surface area contributed by atoms with Crippen LogP contribution in [0.5, 0.6) is 0 Å². The molecule has 1 atom stereocenters. The van der Waals surface area contributed by atoms with Gasteiger partial charge in [-0.3, -0.25) is 4.79 Å². The molecule has 1 heterocycles. The zero-order chi connectivity index (χ0) is 14.7. The van der Waals surface area contributed by atoms with Crippen LogP contribution in [0.15, 0.2) is 47.1 Å². The van der Waals surface area contributed by atoms with E-state index in [0.29, 0.717) is 5.69 Å². The standard InChI is InChI=1S/C17H18N2O2/c18-13-4-1-3-12(11-13)7-8-17(20)19-15-5-2-6-16-14(15)9-10-21-16/h1,3-4,7-11,15H,2,5-6,18H2,(H,19,20)/b8-7+. The number of aryl methyl sites for hydroxylation is 1. The van der Waals surface area contributed by atoms with Gasteiger partial charge in [-0.2, -0.15) is 0 Å². The molecule has 4 nitrogen and oxygen atoms in total. The zero-order valence-electron chi connectivity index (χ0n) is 11.7. The predicted octanol–water partition coefficient (Wildman–Crippen LogP) is 3.07. The van der Waals surface area contributed by atoms with Crippen molar-refractivity contribution < 1.29 is 9.21 Å². The number of hydrogen-bond acceptors (Lipinski definition) is 3. The quantitative estimate of drug-likeness (QED) is 0.671. The lowest BCUT2D eigenvalue weighted by Crippen LogP contribution is -2.28. The van der Waals surface area contributed by atoms with Crippen LogP contribution in [-0.4, -0.2) is 5.91 Å². The Hall–Kier alpha value is -2.49. The largest absolute Gasteiger partial charge is 0.469 e. The Balaban J connectivity index is 1.65. The molecular formula is C17H18N2O2. The first kappa shape index (κ1) is 13.5. The van der Waals surface area contributed by atoms with Crippen molar-refractivity contribution >= 4 is 17.7 Å². The van der Waals surface area contributed by atoms with Crippen LogP contribution >= 0.6 is 0 Å². The van der Waals surface area contributed by atoms with Crippen LogP contribution in [0, 0.1) is 0 Å². The molecule has 1 aromatic heterocycles. The van der Waals surface area contributed by atoms with Crippen molar-refractivity contribution in [3.63, 3.8) is 0 Å². The number of fused-ring (bicyclic) bond motifs is 1. The summed E-state index contributed by atoms with van der Waals surface area (Å²) in [5, 5.41) is 3.03. The molecule has 0 bridgehead atoms. The lowest BCUT2D eigenvalue weighted by atomic mass is 9.93. The van der Waals surface area contributed by atoms with E-state index >= 15 is 0 Å². The Kier molecular flexibility index (Phi) is 3.77. The van der Waals surface area contributed by atoms with E-state index in [1.807, 2.05) is 30.3 Å². The fourth-order valence-electron chi connectivity index (χ4n) is 2.69. The molecular weight excluding hydrogens is 264 g/mol. The summed E-state index contributed by atoms with van der Waals surface area (Å²) in [6.07, 6.45) is 7.94. The third kappa shape index (κ3) is 3.16. The summed E-state index contributed by atoms with van der Waals surface area (Å²) in [7, 11) is 0. The second-order valence-electron chi connectivity index (χ2n) is 5.26. The van der Waals surface area contributed by atoms with Gasteiger partial charge in [-0.1, -0.05) is 12.1 Å². The van der Waals surface area contributed by atoms with E-state index in [2.05, 4.69) is 5.32 Å². The number of hydrogen-bond donors (Lipinski definition) is 2. The highest BCUT2D eigenvalue weighted by atomic mass is 16.3. The van der Waals surface area contributed by atoms with Gasteiger partial charge in [-0.05, 0) is 42.7 Å². The van der Waals surface area contributed by atoms with E-state index < -0.39 is 0 Å². The predicted molar refractivity (Wildman–Crippen MR) is 82.4 cm³/mol. The fraction of sp³-hybridized carbons (Fsp3) is 0.235. The van der Waals surface area contributed by atoms with Crippen LogP contribution in [0.25, 0.3) is 6.08 Å². The molecule has 2 aromatic rings. The summed E-state index contributed by atoms with van der Waals surface area (Å²) in [6.45, 7) is 0. The van der Waals surface area contributed by atoms with Crippen molar-refractivity contribution in [2.45, 2.75) is 25.3 Å². The number of furan rings is 1. The van der Waals surface area contributed by atoms with Gasteiger partial charge >= 0.3 is 0 Å². The molecule has 0 aliphatic heterocycles. The molecule has 3 rings (SSSR count). The van der Waals surface area contributed by atoms with Crippen LogP contribution in [0.2, 0.25) is 0 Å².